The Balaban J connectivity index is 2.95. The Kier molecular flexibility index (Phi) is 3.12. The average Bonchev–Trinajstić information content (AvgIpc) is 2.09. The van der Waals surface area contributed by atoms with Crippen LogP contribution < -0.4 is 11.3 Å². The Morgan fingerprint density at radius 1 is 1.54 bits per heavy atom. The first-order valence-corrected chi connectivity index (χ1v) is 4.63. The number of aromatic amines is 1. The van der Waals surface area contributed by atoms with Gasteiger partial charge in [-0.1, -0.05) is 13.3 Å². The van der Waals surface area contributed by atoms with Gasteiger partial charge in [0.25, 0.3) is 5.56 Å². The SMILES string of the molecule is CCCCc1cc(N)c(=O)[nH]c1C. The highest BCUT2D eigenvalue weighted by molar-refractivity contribution is 5.39. The van der Waals surface area contributed by atoms with Crippen molar-refractivity contribution in [2.45, 2.75) is 33.1 Å². The molecule has 0 aromatic carbocycles. The summed E-state index contributed by atoms with van der Waals surface area (Å²) >= 11 is 0. The summed E-state index contributed by atoms with van der Waals surface area (Å²) in [6.45, 7) is 4.05. The van der Waals surface area contributed by atoms with E-state index in [1.54, 1.807) is 6.07 Å². The number of nitrogen functional groups attached to an aromatic ring is 1. The molecule has 0 aliphatic carbocycles. The van der Waals surface area contributed by atoms with Crippen LogP contribution in [0.1, 0.15) is 31.0 Å². The first kappa shape index (κ1) is 9.84. The van der Waals surface area contributed by atoms with Crippen LogP contribution in [-0.4, -0.2) is 4.98 Å². The van der Waals surface area contributed by atoms with E-state index in [4.69, 9.17) is 5.73 Å². The molecule has 0 fully saturated rings. The van der Waals surface area contributed by atoms with E-state index in [1.165, 1.54) is 0 Å². The van der Waals surface area contributed by atoms with Gasteiger partial charge in [0.2, 0.25) is 0 Å². The molecule has 0 saturated carbocycles. The number of aryl methyl sites for hydroxylation is 2. The molecular weight excluding hydrogens is 164 g/mol. The molecule has 0 bridgehead atoms. The monoisotopic (exact) mass is 180 g/mol. The maximum absolute atomic E-state index is 11.1. The molecule has 13 heavy (non-hydrogen) atoms. The summed E-state index contributed by atoms with van der Waals surface area (Å²) in [6, 6.07) is 1.78. The average molecular weight is 180 g/mol. The third-order valence-electron chi connectivity index (χ3n) is 2.17. The number of aromatic nitrogens is 1. The van der Waals surface area contributed by atoms with Gasteiger partial charge in [0.15, 0.2) is 0 Å². The molecular formula is C10H16N2O. The number of nitrogens with one attached hydrogen (secondary N) is 1. The minimum absolute atomic E-state index is 0.183. The molecule has 1 aromatic rings. The fourth-order valence-electron chi connectivity index (χ4n) is 1.31. The highest BCUT2D eigenvalue weighted by Crippen LogP contribution is 2.09. The van der Waals surface area contributed by atoms with E-state index in [1.807, 2.05) is 6.92 Å². The number of unbranched alkanes of at least 4 members (excludes halogenated alkanes) is 1. The van der Waals surface area contributed by atoms with Gasteiger partial charge in [-0.2, -0.15) is 0 Å². The molecule has 0 spiro atoms. The summed E-state index contributed by atoms with van der Waals surface area (Å²) in [5, 5.41) is 0. The summed E-state index contributed by atoms with van der Waals surface area (Å²) < 4.78 is 0. The lowest BCUT2D eigenvalue weighted by Gasteiger charge is -2.05. The van der Waals surface area contributed by atoms with Crippen LogP contribution in [0.25, 0.3) is 0 Å². The van der Waals surface area contributed by atoms with Crippen molar-refractivity contribution in [3.8, 4) is 0 Å². The molecule has 0 atom stereocenters. The molecule has 1 heterocycles. The van der Waals surface area contributed by atoms with Crippen molar-refractivity contribution in [1.82, 2.24) is 4.98 Å². The van der Waals surface area contributed by atoms with Crippen molar-refractivity contribution in [3.63, 3.8) is 0 Å². The normalized spacial score (nSPS) is 10.3. The predicted molar refractivity (Wildman–Crippen MR) is 54.8 cm³/mol. The third kappa shape index (κ3) is 2.34. The maximum Gasteiger partial charge on any atom is 0.271 e. The minimum Gasteiger partial charge on any atom is -0.394 e. The number of anilines is 1. The summed E-state index contributed by atoms with van der Waals surface area (Å²) in [4.78, 5) is 13.8. The van der Waals surface area contributed by atoms with Gasteiger partial charge in [-0.3, -0.25) is 4.79 Å². The van der Waals surface area contributed by atoms with Crippen LogP contribution in [0.15, 0.2) is 10.9 Å². The third-order valence-corrected chi connectivity index (χ3v) is 2.17. The van der Waals surface area contributed by atoms with E-state index in [2.05, 4.69) is 11.9 Å². The van der Waals surface area contributed by atoms with Crippen LogP contribution >= 0.6 is 0 Å². The smallest absolute Gasteiger partial charge is 0.271 e. The van der Waals surface area contributed by atoms with Crippen LogP contribution in [0, 0.1) is 6.92 Å². The van der Waals surface area contributed by atoms with Gasteiger partial charge in [0.05, 0.1) is 5.69 Å². The molecule has 0 saturated heterocycles. The number of nitrogens with two attached hydrogens (primary N) is 1. The molecule has 1 rings (SSSR count). The second-order valence-corrected chi connectivity index (χ2v) is 3.31. The van der Waals surface area contributed by atoms with Gasteiger partial charge in [-0.05, 0) is 31.4 Å². The molecule has 1 aromatic heterocycles. The number of pyridine rings is 1. The second kappa shape index (κ2) is 4.12. The molecule has 0 aliphatic rings. The Labute approximate surface area is 78.0 Å². The highest BCUT2D eigenvalue weighted by Gasteiger charge is 2.01. The first-order valence-electron chi connectivity index (χ1n) is 4.63. The zero-order chi connectivity index (χ0) is 9.84. The van der Waals surface area contributed by atoms with Crippen LogP contribution in [0.2, 0.25) is 0 Å². The number of H-pyrrole nitrogens is 1. The molecule has 72 valence electrons. The van der Waals surface area contributed by atoms with Gasteiger partial charge < -0.3 is 10.7 Å². The van der Waals surface area contributed by atoms with Crippen LogP contribution in [0.4, 0.5) is 5.69 Å². The predicted octanol–water partition coefficient (Wildman–Crippen LogP) is 1.61. The van der Waals surface area contributed by atoms with E-state index in [0.717, 1.165) is 30.5 Å². The second-order valence-electron chi connectivity index (χ2n) is 3.31. The molecule has 0 amide bonds. The topological polar surface area (TPSA) is 58.9 Å². The molecule has 3 nitrogen and oxygen atoms in total. The van der Waals surface area contributed by atoms with Crippen molar-refractivity contribution in [1.29, 1.82) is 0 Å². The summed E-state index contributed by atoms with van der Waals surface area (Å²) in [5.74, 6) is 0. The standard InChI is InChI=1S/C10H16N2O/c1-3-4-5-8-6-9(11)10(13)12-7(8)2/h6H,3-5,11H2,1-2H3,(H,12,13). The number of rotatable bonds is 3. The Morgan fingerprint density at radius 3 is 2.85 bits per heavy atom. The quantitative estimate of drug-likeness (QED) is 0.742. The van der Waals surface area contributed by atoms with Gasteiger partial charge in [-0.25, -0.2) is 0 Å². The van der Waals surface area contributed by atoms with Crippen molar-refractivity contribution in [2.75, 3.05) is 5.73 Å². The Bertz CT molecular complexity index is 341. The van der Waals surface area contributed by atoms with Crippen LogP contribution in [0.5, 0.6) is 0 Å². The fourth-order valence-corrected chi connectivity index (χ4v) is 1.31. The molecule has 0 radical (unpaired) electrons. The highest BCUT2D eigenvalue weighted by atomic mass is 16.1. The van der Waals surface area contributed by atoms with E-state index in [0.29, 0.717) is 5.69 Å². The maximum atomic E-state index is 11.1. The largest absolute Gasteiger partial charge is 0.394 e. The van der Waals surface area contributed by atoms with E-state index >= 15 is 0 Å². The first-order chi connectivity index (χ1) is 6.15. The van der Waals surface area contributed by atoms with Gasteiger partial charge >= 0.3 is 0 Å². The lowest BCUT2D eigenvalue weighted by Crippen LogP contribution is -2.14. The zero-order valence-corrected chi connectivity index (χ0v) is 8.18. The number of hydrogen-bond donors (Lipinski definition) is 2. The fraction of sp³-hybridized carbons (Fsp3) is 0.500. The van der Waals surface area contributed by atoms with Gasteiger partial charge in [0, 0.05) is 5.69 Å². The summed E-state index contributed by atoms with van der Waals surface area (Å²) in [6.07, 6.45) is 3.27. The minimum atomic E-state index is -0.183. The molecule has 0 unspecified atom stereocenters. The van der Waals surface area contributed by atoms with E-state index in [-0.39, 0.29) is 5.56 Å². The van der Waals surface area contributed by atoms with Crippen molar-refractivity contribution in [2.24, 2.45) is 0 Å². The Hall–Kier alpha value is -1.25. The summed E-state index contributed by atoms with van der Waals surface area (Å²) in [7, 11) is 0. The van der Waals surface area contributed by atoms with Crippen molar-refractivity contribution >= 4 is 5.69 Å². The van der Waals surface area contributed by atoms with E-state index in [9.17, 15) is 4.79 Å². The van der Waals surface area contributed by atoms with Gasteiger partial charge in [0.1, 0.15) is 0 Å². The zero-order valence-electron chi connectivity index (χ0n) is 8.18. The van der Waals surface area contributed by atoms with Crippen LogP contribution in [0.3, 0.4) is 0 Å². The summed E-state index contributed by atoms with van der Waals surface area (Å²) in [5.41, 5.74) is 7.74. The molecule has 0 aliphatic heterocycles. The van der Waals surface area contributed by atoms with Crippen molar-refractivity contribution < 1.29 is 0 Å². The van der Waals surface area contributed by atoms with Gasteiger partial charge in [-0.15, -0.1) is 0 Å². The Morgan fingerprint density at radius 2 is 2.23 bits per heavy atom. The van der Waals surface area contributed by atoms with Crippen molar-refractivity contribution in [3.05, 3.63) is 27.7 Å². The van der Waals surface area contributed by atoms with E-state index < -0.39 is 0 Å². The lowest BCUT2D eigenvalue weighted by molar-refractivity contribution is 0.785. The molecule has 3 N–H and O–H groups in total. The molecule has 3 heteroatoms. The number of hydrogen-bond acceptors (Lipinski definition) is 2. The lowest BCUT2D eigenvalue weighted by atomic mass is 10.1. The van der Waals surface area contributed by atoms with Crippen LogP contribution in [-0.2, 0) is 6.42 Å².